The monoisotopic (exact) mass is 393 g/mol. The topological polar surface area (TPSA) is 65.4 Å². The number of rotatable bonds is 9. The molecule has 3 rings (SSSR count). The van der Waals surface area contributed by atoms with E-state index in [-0.39, 0.29) is 5.91 Å². The van der Waals surface area contributed by atoms with Crippen molar-refractivity contribution in [2.45, 2.75) is 33.7 Å². The van der Waals surface area contributed by atoms with Gasteiger partial charge in [-0.15, -0.1) is 0 Å². The third-order valence-electron chi connectivity index (χ3n) is 4.47. The number of benzene rings is 2. The largest absolute Gasteiger partial charge is 0.490 e. The third-order valence-corrected chi connectivity index (χ3v) is 4.47. The van der Waals surface area contributed by atoms with Crippen molar-refractivity contribution in [3.8, 4) is 11.5 Å². The van der Waals surface area contributed by atoms with E-state index in [1.165, 1.54) is 5.56 Å². The zero-order valence-corrected chi connectivity index (χ0v) is 17.1. The lowest BCUT2D eigenvalue weighted by Crippen LogP contribution is -2.11. The molecule has 1 heterocycles. The van der Waals surface area contributed by atoms with E-state index in [0.29, 0.717) is 31.0 Å². The highest BCUT2D eigenvalue weighted by Crippen LogP contribution is 2.29. The lowest BCUT2D eigenvalue weighted by atomic mass is 10.1. The maximum atomic E-state index is 12.4. The van der Waals surface area contributed by atoms with Crippen LogP contribution in [0.1, 0.15) is 42.3 Å². The number of anilines is 1. The molecular weight excluding hydrogens is 366 g/mol. The van der Waals surface area contributed by atoms with Crippen molar-refractivity contribution < 1.29 is 14.3 Å². The number of amides is 1. The van der Waals surface area contributed by atoms with Crippen LogP contribution in [-0.4, -0.2) is 28.9 Å². The Morgan fingerprint density at radius 1 is 0.966 bits per heavy atom. The Hall–Kier alpha value is -3.28. The van der Waals surface area contributed by atoms with Crippen LogP contribution < -0.4 is 14.8 Å². The SMILES string of the molecule is CCOc1ccc(Cn2cc(NC(=O)c3ccc(CC)cc3)cn2)cc1OCC. The first kappa shape index (κ1) is 20.5. The van der Waals surface area contributed by atoms with Gasteiger partial charge in [0, 0.05) is 11.8 Å². The van der Waals surface area contributed by atoms with Crippen molar-refractivity contribution in [2.24, 2.45) is 0 Å². The highest BCUT2D eigenvalue weighted by atomic mass is 16.5. The summed E-state index contributed by atoms with van der Waals surface area (Å²) >= 11 is 0. The summed E-state index contributed by atoms with van der Waals surface area (Å²) in [5.74, 6) is 1.32. The normalized spacial score (nSPS) is 10.6. The summed E-state index contributed by atoms with van der Waals surface area (Å²) in [5, 5.41) is 7.24. The quantitative estimate of drug-likeness (QED) is 0.579. The summed E-state index contributed by atoms with van der Waals surface area (Å²) in [5.41, 5.74) is 3.53. The number of aromatic nitrogens is 2. The maximum absolute atomic E-state index is 12.4. The van der Waals surface area contributed by atoms with Crippen LogP contribution in [0.25, 0.3) is 0 Å². The molecule has 0 radical (unpaired) electrons. The molecule has 0 bridgehead atoms. The highest BCUT2D eigenvalue weighted by Gasteiger charge is 2.10. The predicted octanol–water partition coefficient (Wildman–Crippen LogP) is 4.54. The van der Waals surface area contributed by atoms with Gasteiger partial charge in [0.05, 0.1) is 31.6 Å². The Morgan fingerprint density at radius 2 is 1.66 bits per heavy atom. The molecule has 0 spiro atoms. The van der Waals surface area contributed by atoms with Crippen molar-refractivity contribution >= 4 is 11.6 Å². The third kappa shape index (κ3) is 5.38. The van der Waals surface area contributed by atoms with Gasteiger partial charge in [-0.25, -0.2) is 0 Å². The van der Waals surface area contributed by atoms with Gasteiger partial charge < -0.3 is 14.8 Å². The minimum absolute atomic E-state index is 0.146. The van der Waals surface area contributed by atoms with Crippen LogP contribution >= 0.6 is 0 Å². The molecule has 29 heavy (non-hydrogen) atoms. The van der Waals surface area contributed by atoms with Gasteiger partial charge in [0.2, 0.25) is 0 Å². The fourth-order valence-electron chi connectivity index (χ4n) is 2.99. The van der Waals surface area contributed by atoms with Gasteiger partial charge in [-0.1, -0.05) is 25.1 Å². The minimum Gasteiger partial charge on any atom is -0.490 e. The van der Waals surface area contributed by atoms with Crippen molar-refractivity contribution in [2.75, 3.05) is 18.5 Å². The number of carbonyl (C=O) groups excluding carboxylic acids is 1. The zero-order chi connectivity index (χ0) is 20.6. The van der Waals surface area contributed by atoms with Crippen LogP contribution in [0.15, 0.2) is 54.9 Å². The smallest absolute Gasteiger partial charge is 0.255 e. The van der Waals surface area contributed by atoms with Gasteiger partial charge >= 0.3 is 0 Å². The fraction of sp³-hybridized carbons (Fsp3) is 0.304. The summed E-state index contributed by atoms with van der Waals surface area (Å²) in [7, 11) is 0. The van der Waals surface area contributed by atoms with E-state index in [1.54, 1.807) is 10.9 Å². The molecule has 6 heteroatoms. The van der Waals surface area contributed by atoms with Crippen LogP contribution in [0, 0.1) is 0 Å². The average Bonchev–Trinajstić information content (AvgIpc) is 3.17. The van der Waals surface area contributed by atoms with E-state index in [9.17, 15) is 4.79 Å². The Kier molecular flexibility index (Phi) is 6.89. The van der Waals surface area contributed by atoms with Crippen LogP contribution in [-0.2, 0) is 13.0 Å². The lowest BCUT2D eigenvalue weighted by molar-refractivity contribution is 0.102. The number of nitrogens with one attached hydrogen (secondary N) is 1. The molecule has 0 saturated heterocycles. The first-order chi connectivity index (χ1) is 14.1. The molecule has 3 aromatic rings. The zero-order valence-electron chi connectivity index (χ0n) is 17.1. The van der Waals surface area contributed by atoms with E-state index < -0.39 is 0 Å². The van der Waals surface area contributed by atoms with Gasteiger partial charge in [-0.05, 0) is 55.7 Å². The molecule has 6 nitrogen and oxygen atoms in total. The molecule has 1 aromatic heterocycles. The second-order valence-corrected chi connectivity index (χ2v) is 6.58. The molecule has 0 fully saturated rings. The molecular formula is C23H27N3O3. The van der Waals surface area contributed by atoms with Crippen molar-refractivity contribution in [1.29, 1.82) is 0 Å². The lowest BCUT2D eigenvalue weighted by Gasteiger charge is -2.12. The van der Waals surface area contributed by atoms with Gasteiger partial charge in [0.1, 0.15) is 0 Å². The van der Waals surface area contributed by atoms with E-state index in [0.717, 1.165) is 23.5 Å². The fourth-order valence-corrected chi connectivity index (χ4v) is 2.99. The van der Waals surface area contributed by atoms with Crippen LogP contribution in [0.3, 0.4) is 0 Å². The van der Waals surface area contributed by atoms with Gasteiger partial charge in [-0.2, -0.15) is 5.10 Å². The highest BCUT2D eigenvalue weighted by molar-refractivity contribution is 6.04. The summed E-state index contributed by atoms with van der Waals surface area (Å²) < 4.78 is 13.1. The van der Waals surface area contributed by atoms with E-state index in [2.05, 4.69) is 17.3 Å². The number of ether oxygens (including phenoxy) is 2. The standard InChI is InChI=1S/C23H27N3O3/c1-4-17-7-10-19(11-8-17)23(27)25-20-14-24-26(16-20)15-18-9-12-21(28-5-2)22(13-18)29-6-3/h7-14,16H,4-6,15H2,1-3H3,(H,25,27). The van der Waals surface area contributed by atoms with Crippen molar-refractivity contribution in [1.82, 2.24) is 9.78 Å². The van der Waals surface area contributed by atoms with Crippen LogP contribution in [0.2, 0.25) is 0 Å². The minimum atomic E-state index is -0.146. The Bertz CT molecular complexity index is 948. The summed E-state index contributed by atoms with van der Waals surface area (Å²) in [6, 6.07) is 13.5. The molecule has 0 atom stereocenters. The molecule has 0 aliphatic heterocycles. The number of aryl methyl sites for hydroxylation is 1. The maximum Gasteiger partial charge on any atom is 0.255 e. The molecule has 0 aliphatic carbocycles. The average molecular weight is 393 g/mol. The molecule has 0 unspecified atom stereocenters. The van der Waals surface area contributed by atoms with Crippen LogP contribution in [0.5, 0.6) is 11.5 Å². The van der Waals surface area contributed by atoms with Gasteiger partial charge in [0.25, 0.3) is 5.91 Å². The van der Waals surface area contributed by atoms with E-state index in [1.807, 2.05) is 62.5 Å². The van der Waals surface area contributed by atoms with E-state index >= 15 is 0 Å². The van der Waals surface area contributed by atoms with Gasteiger partial charge in [-0.3, -0.25) is 9.48 Å². The Morgan fingerprint density at radius 3 is 2.34 bits per heavy atom. The first-order valence-corrected chi connectivity index (χ1v) is 9.94. The molecule has 2 aromatic carbocycles. The molecule has 0 saturated carbocycles. The summed E-state index contributed by atoms with van der Waals surface area (Å²) in [4.78, 5) is 12.4. The van der Waals surface area contributed by atoms with Crippen LogP contribution in [0.4, 0.5) is 5.69 Å². The number of carbonyl (C=O) groups is 1. The second kappa shape index (κ2) is 9.78. The Labute approximate surface area is 171 Å². The molecule has 1 amide bonds. The molecule has 0 aliphatic rings. The molecule has 152 valence electrons. The van der Waals surface area contributed by atoms with E-state index in [4.69, 9.17) is 9.47 Å². The van der Waals surface area contributed by atoms with Gasteiger partial charge in [0.15, 0.2) is 11.5 Å². The number of nitrogens with zero attached hydrogens (tertiary/aromatic N) is 2. The Balaban J connectivity index is 1.66. The number of hydrogen-bond donors (Lipinski definition) is 1. The van der Waals surface area contributed by atoms with Crippen molar-refractivity contribution in [3.63, 3.8) is 0 Å². The molecule has 1 N–H and O–H groups in total. The summed E-state index contributed by atoms with van der Waals surface area (Å²) in [6.45, 7) is 7.70. The first-order valence-electron chi connectivity index (χ1n) is 9.94. The van der Waals surface area contributed by atoms with Crippen molar-refractivity contribution in [3.05, 3.63) is 71.5 Å². The second-order valence-electron chi connectivity index (χ2n) is 6.58. The number of hydrogen-bond acceptors (Lipinski definition) is 4. The summed E-state index contributed by atoms with van der Waals surface area (Å²) in [6.07, 6.45) is 4.41. The predicted molar refractivity (Wildman–Crippen MR) is 114 cm³/mol.